The number of halogens is 1. The molecule has 0 amide bonds. The Balaban J connectivity index is 2.28. The van der Waals surface area contributed by atoms with Crippen molar-refractivity contribution in [1.82, 2.24) is 0 Å². The molecule has 100 valence electrons. The van der Waals surface area contributed by atoms with Gasteiger partial charge in [0.1, 0.15) is 11.5 Å². The molecule has 1 unspecified atom stereocenters. The Bertz CT molecular complexity index is 593. The summed E-state index contributed by atoms with van der Waals surface area (Å²) in [5.41, 5.74) is 9.31. The highest BCUT2D eigenvalue weighted by atomic mass is 79.9. The summed E-state index contributed by atoms with van der Waals surface area (Å²) in [7, 11) is 0. The fraction of sp³-hybridized carbons (Fsp3) is 0.250. The molecule has 1 atom stereocenters. The Hall–Kier alpha value is -1.32. The Morgan fingerprint density at radius 1 is 1.05 bits per heavy atom. The van der Waals surface area contributed by atoms with E-state index in [2.05, 4.69) is 28.9 Å². The minimum absolute atomic E-state index is 0.0199. The zero-order valence-electron chi connectivity index (χ0n) is 11.4. The van der Waals surface area contributed by atoms with Crippen molar-refractivity contribution >= 4 is 15.9 Å². The molecule has 0 saturated carbocycles. The standard InChI is InChI=1S/C16H18BrNO/c1-10-4-6-15(11(2)8-10)19-16-7-5-13(12(3)18)9-14(16)17/h4-9,12H,18H2,1-3H3. The van der Waals surface area contributed by atoms with Crippen molar-refractivity contribution in [3.8, 4) is 11.5 Å². The lowest BCUT2D eigenvalue weighted by Gasteiger charge is -2.13. The van der Waals surface area contributed by atoms with Gasteiger partial charge < -0.3 is 10.5 Å². The summed E-state index contributed by atoms with van der Waals surface area (Å²) in [5, 5.41) is 0. The van der Waals surface area contributed by atoms with Gasteiger partial charge in [-0.2, -0.15) is 0 Å². The summed E-state index contributed by atoms with van der Waals surface area (Å²) in [4.78, 5) is 0. The van der Waals surface area contributed by atoms with E-state index in [1.165, 1.54) is 5.56 Å². The number of nitrogens with two attached hydrogens (primary N) is 1. The maximum absolute atomic E-state index is 5.94. The van der Waals surface area contributed by atoms with E-state index in [4.69, 9.17) is 10.5 Å². The molecule has 2 rings (SSSR count). The third-order valence-corrected chi connectivity index (χ3v) is 3.65. The molecule has 0 spiro atoms. The molecular formula is C16H18BrNO. The Morgan fingerprint density at radius 3 is 2.32 bits per heavy atom. The molecule has 2 nitrogen and oxygen atoms in total. The number of ether oxygens (including phenoxy) is 1. The van der Waals surface area contributed by atoms with Crippen molar-refractivity contribution in [3.63, 3.8) is 0 Å². The second-order valence-corrected chi connectivity index (χ2v) is 5.70. The lowest BCUT2D eigenvalue weighted by atomic mass is 10.1. The van der Waals surface area contributed by atoms with Crippen LogP contribution in [0.3, 0.4) is 0 Å². The summed E-state index contributed by atoms with van der Waals surface area (Å²) in [6.07, 6.45) is 0. The van der Waals surface area contributed by atoms with Crippen molar-refractivity contribution in [2.45, 2.75) is 26.8 Å². The van der Waals surface area contributed by atoms with Crippen molar-refractivity contribution in [1.29, 1.82) is 0 Å². The number of benzene rings is 2. The van der Waals surface area contributed by atoms with Gasteiger partial charge in [0.15, 0.2) is 0 Å². The number of rotatable bonds is 3. The smallest absolute Gasteiger partial charge is 0.141 e. The summed E-state index contributed by atoms with van der Waals surface area (Å²) in [6, 6.07) is 12.1. The molecule has 0 saturated heterocycles. The maximum Gasteiger partial charge on any atom is 0.141 e. The quantitative estimate of drug-likeness (QED) is 0.875. The van der Waals surface area contributed by atoms with Gasteiger partial charge in [-0.25, -0.2) is 0 Å². The van der Waals surface area contributed by atoms with E-state index >= 15 is 0 Å². The van der Waals surface area contributed by atoms with Crippen molar-refractivity contribution in [3.05, 3.63) is 57.6 Å². The first-order chi connectivity index (χ1) is 8.97. The van der Waals surface area contributed by atoms with E-state index in [-0.39, 0.29) is 6.04 Å². The van der Waals surface area contributed by atoms with Crippen LogP contribution >= 0.6 is 15.9 Å². The third-order valence-electron chi connectivity index (χ3n) is 3.03. The topological polar surface area (TPSA) is 35.2 Å². The van der Waals surface area contributed by atoms with E-state index < -0.39 is 0 Å². The van der Waals surface area contributed by atoms with Gasteiger partial charge in [-0.3, -0.25) is 0 Å². The average Bonchev–Trinajstić information content (AvgIpc) is 2.34. The van der Waals surface area contributed by atoms with Crippen molar-refractivity contribution in [2.75, 3.05) is 0 Å². The Morgan fingerprint density at radius 2 is 1.74 bits per heavy atom. The summed E-state index contributed by atoms with van der Waals surface area (Å²) < 4.78 is 6.86. The first-order valence-corrected chi connectivity index (χ1v) is 7.07. The van der Waals surface area contributed by atoms with Gasteiger partial charge in [0.2, 0.25) is 0 Å². The van der Waals surface area contributed by atoms with Crippen LogP contribution < -0.4 is 10.5 Å². The van der Waals surface area contributed by atoms with Gasteiger partial charge >= 0.3 is 0 Å². The highest BCUT2D eigenvalue weighted by molar-refractivity contribution is 9.10. The van der Waals surface area contributed by atoms with Gasteiger partial charge in [-0.15, -0.1) is 0 Å². The normalized spacial score (nSPS) is 12.3. The molecule has 0 heterocycles. The van der Waals surface area contributed by atoms with Gasteiger partial charge in [0.05, 0.1) is 4.47 Å². The Labute approximate surface area is 122 Å². The van der Waals surface area contributed by atoms with Crippen molar-refractivity contribution < 1.29 is 4.74 Å². The Kier molecular flexibility index (Phi) is 4.27. The van der Waals surface area contributed by atoms with E-state index in [9.17, 15) is 0 Å². The van der Waals surface area contributed by atoms with Crippen molar-refractivity contribution in [2.24, 2.45) is 5.73 Å². The lowest BCUT2D eigenvalue weighted by molar-refractivity contribution is 0.475. The number of hydrogen-bond acceptors (Lipinski definition) is 2. The molecule has 2 aromatic rings. The number of aryl methyl sites for hydroxylation is 2. The van der Waals surface area contributed by atoms with Crippen LogP contribution in [0, 0.1) is 13.8 Å². The van der Waals surface area contributed by atoms with E-state index in [1.54, 1.807) is 0 Å². The minimum atomic E-state index is 0.0199. The highest BCUT2D eigenvalue weighted by Crippen LogP contribution is 2.33. The molecule has 2 N–H and O–H groups in total. The minimum Gasteiger partial charge on any atom is -0.456 e. The van der Waals surface area contributed by atoms with Crippen LogP contribution in [-0.4, -0.2) is 0 Å². The highest BCUT2D eigenvalue weighted by Gasteiger charge is 2.08. The molecular weight excluding hydrogens is 302 g/mol. The van der Waals surface area contributed by atoms with E-state index in [0.29, 0.717) is 0 Å². The molecule has 0 fully saturated rings. The van der Waals surface area contributed by atoms with E-state index in [1.807, 2.05) is 44.2 Å². The third kappa shape index (κ3) is 3.37. The van der Waals surface area contributed by atoms with Gasteiger partial charge in [-0.05, 0) is 66.0 Å². The van der Waals surface area contributed by atoms with Crippen LogP contribution in [0.4, 0.5) is 0 Å². The first kappa shape index (κ1) is 14.1. The van der Waals surface area contributed by atoms with Crippen LogP contribution in [-0.2, 0) is 0 Å². The lowest BCUT2D eigenvalue weighted by Crippen LogP contribution is -2.04. The molecule has 0 aliphatic heterocycles. The zero-order valence-corrected chi connectivity index (χ0v) is 13.0. The molecule has 0 aliphatic carbocycles. The van der Waals surface area contributed by atoms with Gasteiger partial charge in [-0.1, -0.05) is 23.8 Å². The molecule has 0 aromatic heterocycles. The predicted octanol–water partition coefficient (Wildman–Crippen LogP) is 4.88. The molecule has 0 aliphatic rings. The summed E-state index contributed by atoms with van der Waals surface area (Å²) >= 11 is 3.53. The van der Waals surface area contributed by atoms with Gasteiger partial charge in [0.25, 0.3) is 0 Å². The predicted molar refractivity (Wildman–Crippen MR) is 82.7 cm³/mol. The molecule has 2 aromatic carbocycles. The summed E-state index contributed by atoms with van der Waals surface area (Å²) in [5.74, 6) is 1.68. The van der Waals surface area contributed by atoms with Gasteiger partial charge in [0, 0.05) is 6.04 Å². The zero-order chi connectivity index (χ0) is 14.0. The SMILES string of the molecule is Cc1ccc(Oc2ccc(C(C)N)cc2Br)c(C)c1. The number of hydrogen-bond donors (Lipinski definition) is 1. The van der Waals surface area contributed by atoms with Crippen LogP contribution in [0.5, 0.6) is 11.5 Å². The fourth-order valence-corrected chi connectivity index (χ4v) is 2.39. The van der Waals surface area contributed by atoms with Crippen LogP contribution in [0.2, 0.25) is 0 Å². The maximum atomic E-state index is 5.94. The largest absolute Gasteiger partial charge is 0.456 e. The first-order valence-electron chi connectivity index (χ1n) is 6.27. The second kappa shape index (κ2) is 5.76. The summed E-state index contributed by atoms with van der Waals surface area (Å²) in [6.45, 7) is 6.09. The van der Waals surface area contributed by atoms with Crippen LogP contribution in [0.25, 0.3) is 0 Å². The van der Waals surface area contributed by atoms with Crippen LogP contribution in [0.15, 0.2) is 40.9 Å². The van der Waals surface area contributed by atoms with E-state index in [0.717, 1.165) is 27.1 Å². The molecule has 0 bridgehead atoms. The van der Waals surface area contributed by atoms with Crippen LogP contribution in [0.1, 0.15) is 29.7 Å². The molecule has 3 heteroatoms. The molecule has 0 radical (unpaired) electrons. The molecule has 19 heavy (non-hydrogen) atoms. The second-order valence-electron chi connectivity index (χ2n) is 4.85. The average molecular weight is 320 g/mol. The fourth-order valence-electron chi connectivity index (χ4n) is 1.92. The monoisotopic (exact) mass is 319 g/mol.